The van der Waals surface area contributed by atoms with E-state index >= 15 is 0 Å². The molecule has 0 saturated carbocycles. The second kappa shape index (κ2) is 10.0. The molecule has 0 radical (unpaired) electrons. The van der Waals surface area contributed by atoms with Crippen molar-refractivity contribution in [1.29, 1.82) is 0 Å². The Hall–Kier alpha value is -1.45. The van der Waals surface area contributed by atoms with Crippen LogP contribution in [0.15, 0.2) is 17.2 Å². The van der Waals surface area contributed by atoms with Crippen molar-refractivity contribution in [2.75, 3.05) is 19.6 Å². The minimum atomic E-state index is -1.26. The van der Waals surface area contributed by atoms with Gasteiger partial charge in [0.25, 0.3) is 0 Å². The minimum absolute atomic E-state index is 0.558. The van der Waals surface area contributed by atoms with E-state index in [0.717, 1.165) is 5.92 Å². The van der Waals surface area contributed by atoms with Gasteiger partial charge in [-0.1, -0.05) is 13.8 Å². The predicted molar refractivity (Wildman–Crippen MR) is 102 cm³/mol. The molecule has 2 bridgehead atoms. The molecule has 4 heterocycles. The van der Waals surface area contributed by atoms with Gasteiger partial charge < -0.3 is 15.1 Å². The molecule has 3 saturated heterocycles. The number of carboxylic acid groups (broad SMARTS) is 2. The first-order chi connectivity index (χ1) is 12.4. The number of aromatic nitrogens is 2. The monoisotopic (exact) mass is 399 g/mol. The molecule has 3 aliphatic heterocycles. The standard InChI is InChI=1S/C13H21N3S2.C4H4O4/c1-3-9(2)17-13-12(14-18-15-13)11-8-16-6-4-10(11)5-7-16;5-3(6)1-2-4(7)8/h9-11H,3-8H2,1-2H3;1-2H,(H,5,6)(H,7,8). The lowest BCUT2D eigenvalue weighted by Crippen LogP contribution is -2.46. The zero-order valence-corrected chi connectivity index (χ0v) is 16.6. The van der Waals surface area contributed by atoms with Crippen molar-refractivity contribution in [2.24, 2.45) is 5.92 Å². The van der Waals surface area contributed by atoms with Crippen LogP contribution in [-0.2, 0) is 9.59 Å². The SMILES string of the molecule is CCC(C)Sc1nsnc1C1CN2CCC1CC2.O=C(O)C=CC(=O)O. The van der Waals surface area contributed by atoms with E-state index in [1.165, 1.54) is 61.3 Å². The molecule has 3 aliphatic rings. The molecule has 26 heavy (non-hydrogen) atoms. The number of fused-ring (bicyclic) bond motifs is 3. The van der Waals surface area contributed by atoms with Crippen LogP contribution in [0.4, 0.5) is 0 Å². The Morgan fingerprint density at radius 2 is 1.88 bits per heavy atom. The maximum absolute atomic E-state index is 9.55. The first-order valence-corrected chi connectivity index (χ1v) is 10.4. The van der Waals surface area contributed by atoms with E-state index in [4.69, 9.17) is 10.2 Å². The van der Waals surface area contributed by atoms with Crippen LogP contribution in [0.2, 0.25) is 0 Å². The lowest BCUT2D eigenvalue weighted by molar-refractivity contribution is -0.134. The lowest BCUT2D eigenvalue weighted by atomic mass is 9.78. The van der Waals surface area contributed by atoms with Crippen LogP contribution in [0.1, 0.15) is 44.7 Å². The molecule has 2 N–H and O–H groups in total. The summed E-state index contributed by atoms with van der Waals surface area (Å²) in [5.74, 6) is -1.01. The molecule has 1 aromatic rings. The number of aliphatic carboxylic acids is 2. The molecule has 4 rings (SSSR count). The number of hydrogen-bond donors (Lipinski definition) is 2. The summed E-state index contributed by atoms with van der Waals surface area (Å²) in [7, 11) is 0. The summed E-state index contributed by atoms with van der Waals surface area (Å²) in [6.07, 6.45) is 5.03. The van der Waals surface area contributed by atoms with Gasteiger partial charge in [0.2, 0.25) is 0 Å². The van der Waals surface area contributed by atoms with Crippen molar-refractivity contribution in [3.63, 3.8) is 0 Å². The van der Waals surface area contributed by atoms with Crippen LogP contribution in [0.25, 0.3) is 0 Å². The average Bonchev–Trinajstić information content (AvgIpc) is 3.09. The number of carboxylic acids is 2. The fourth-order valence-electron chi connectivity index (χ4n) is 3.19. The number of hydrogen-bond acceptors (Lipinski definition) is 7. The zero-order chi connectivity index (χ0) is 19.1. The van der Waals surface area contributed by atoms with Gasteiger partial charge in [0.15, 0.2) is 0 Å². The van der Waals surface area contributed by atoms with Crippen LogP contribution in [0.5, 0.6) is 0 Å². The topological polar surface area (TPSA) is 104 Å². The smallest absolute Gasteiger partial charge is 0.328 e. The van der Waals surface area contributed by atoms with Gasteiger partial charge in [0, 0.05) is 29.9 Å². The molecule has 2 atom stereocenters. The van der Waals surface area contributed by atoms with Crippen LogP contribution in [0, 0.1) is 5.92 Å². The van der Waals surface area contributed by atoms with E-state index in [-0.39, 0.29) is 0 Å². The summed E-state index contributed by atoms with van der Waals surface area (Å²) in [6.45, 7) is 8.33. The Morgan fingerprint density at radius 1 is 1.27 bits per heavy atom. The first-order valence-electron chi connectivity index (χ1n) is 8.76. The van der Waals surface area contributed by atoms with Crippen molar-refractivity contribution >= 4 is 35.4 Å². The Kier molecular flexibility index (Phi) is 8.05. The molecule has 1 aromatic heterocycles. The van der Waals surface area contributed by atoms with Gasteiger partial charge in [0.1, 0.15) is 5.03 Å². The van der Waals surface area contributed by atoms with Crippen LogP contribution in [0.3, 0.4) is 0 Å². The molecule has 7 nitrogen and oxygen atoms in total. The molecular formula is C17H25N3O4S2. The highest BCUT2D eigenvalue weighted by Gasteiger charge is 2.37. The van der Waals surface area contributed by atoms with E-state index in [1.54, 1.807) is 0 Å². The van der Waals surface area contributed by atoms with Crippen molar-refractivity contribution in [1.82, 2.24) is 13.6 Å². The van der Waals surface area contributed by atoms with E-state index < -0.39 is 11.9 Å². The molecule has 144 valence electrons. The summed E-state index contributed by atoms with van der Waals surface area (Å²) < 4.78 is 9.17. The van der Waals surface area contributed by atoms with Gasteiger partial charge in [-0.3, -0.25) is 0 Å². The van der Waals surface area contributed by atoms with Crippen LogP contribution >= 0.6 is 23.5 Å². The molecule has 3 fully saturated rings. The highest BCUT2D eigenvalue weighted by Crippen LogP contribution is 2.42. The Bertz CT molecular complexity index is 626. The molecule has 0 amide bonds. The second-order valence-electron chi connectivity index (χ2n) is 6.55. The third-order valence-corrected chi connectivity index (χ3v) is 6.66. The largest absolute Gasteiger partial charge is 0.478 e. The van der Waals surface area contributed by atoms with Crippen molar-refractivity contribution < 1.29 is 19.8 Å². The van der Waals surface area contributed by atoms with E-state index in [0.29, 0.717) is 23.3 Å². The number of thioether (sulfide) groups is 1. The Labute approximate surface area is 161 Å². The van der Waals surface area contributed by atoms with Crippen LogP contribution in [-0.4, -0.2) is 60.7 Å². The quantitative estimate of drug-likeness (QED) is 0.556. The van der Waals surface area contributed by atoms with E-state index in [2.05, 4.69) is 27.5 Å². The molecular weight excluding hydrogens is 374 g/mol. The van der Waals surface area contributed by atoms with Gasteiger partial charge >= 0.3 is 11.9 Å². The van der Waals surface area contributed by atoms with Gasteiger partial charge in [-0.25, -0.2) is 9.59 Å². The van der Waals surface area contributed by atoms with Crippen LogP contribution < -0.4 is 0 Å². The van der Waals surface area contributed by atoms with Crippen molar-refractivity contribution in [2.45, 2.75) is 49.3 Å². The number of nitrogens with zero attached hydrogens (tertiary/aromatic N) is 3. The van der Waals surface area contributed by atoms with Crippen molar-refractivity contribution in [3.05, 3.63) is 17.8 Å². The highest BCUT2D eigenvalue weighted by molar-refractivity contribution is 7.99. The molecule has 0 spiro atoms. The van der Waals surface area contributed by atoms with Gasteiger partial charge in [-0.15, -0.1) is 11.8 Å². The minimum Gasteiger partial charge on any atom is -0.478 e. The lowest BCUT2D eigenvalue weighted by Gasteiger charge is -2.44. The van der Waals surface area contributed by atoms with E-state index in [1.807, 2.05) is 11.8 Å². The summed E-state index contributed by atoms with van der Waals surface area (Å²) in [5, 5.41) is 17.5. The summed E-state index contributed by atoms with van der Waals surface area (Å²) in [6, 6.07) is 0. The maximum Gasteiger partial charge on any atom is 0.328 e. The third-order valence-electron chi connectivity index (χ3n) is 4.75. The Balaban J connectivity index is 0.000000260. The zero-order valence-electron chi connectivity index (χ0n) is 15.0. The summed E-state index contributed by atoms with van der Waals surface area (Å²) in [5.41, 5.74) is 1.31. The number of carbonyl (C=O) groups is 2. The first kappa shape index (κ1) is 20.9. The number of piperidine rings is 3. The highest BCUT2D eigenvalue weighted by atomic mass is 32.2. The summed E-state index contributed by atoms with van der Waals surface area (Å²) in [4.78, 5) is 21.7. The van der Waals surface area contributed by atoms with Gasteiger partial charge in [0.05, 0.1) is 17.4 Å². The second-order valence-corrected chi connectivity index (χ2v) is 8.50. The fraction of sp³-hybridized carbons (Fsp3) is 0.647. The molecule has 0 aliphatic carbocycles. The predicted octanol–water partition coefficient (Wildman–Crippen LogP) is 2.95. The normalized spacial score (nSPS) is 25.5. The van der Waals surface area contributed by atoms with Crippen molar-refractivity contribution in [3.8, 4) is 0 Å². The number of rotatable bonds is 6. The van der Waals surface area contributed by atoms with Gasteiger partial charge in [-0.05, 0) is 38.3 Å². The third kappa shape index (κ3) is 6.07. The summed E-state index contributed by atoms with van der Waals surface area (Å²) >= 11 is 3.32. The van der Waals surface area contributed by atoms with E-state index in [9.17, 15) is 9.59 Å². The maximum atomic E-state index is 9.55. The molecule has 0 aromatic carbocycles. The molecule has 2 unspecified atom stereocenters. The Morgan fingerprint density at radius 3 is 2.35 bits per heavy atom. The average molecular weight is 400 g/mol. The molecule has 9 heteroatoms. The fourth-order valence-corrected chi connectivity index (χ4v) is 4.90. The van der Waals surface area contributed by atoms with Gasteiger partial charge in [-0.2, -0.15) is 8.75 Å².